The number of phenolic OH excluding ortho intramolecular Hbond substituents is 1. The van der Waals surface area contributed by atoms with Gasteiger partial charge >= 0.3 is 0 Å². The van der Waals surface area contributed by atoms with Crippen molar-refractivity contribution in [2.24, 2.45) is 0 Å². The Hall–Kier alpha value is -5.31. The maximum Gasteiger partial charge on any atom is 0.242 e. The van der Waals surface area contributed by atoms with Crippen LogP contribution in [0, 0.1) is 0 Å². The number of aromatic hydroxyl groups is 1. The zero-order valence-electron chi connectivity index (χ0n) is 25.5. The summed E-state index contributed by atoms with van der Waals surface area (Å²) < 4.78 is 7.93. The number of fused-ring (bicyclic) bond motifs is 4. The van der Waals surface area contributed by atoms with E-state index in [-0.39, 0.29) is 24.2 Å². The number of carbonyl (C=O) groups excluding carboxylic acids is 1. The fraction of sp³-hybridized carbons (Fsp3) is 0.250. The number of rotatable bonds is 8. The Labute approximate surface area is 262 Å². The summed E-state index contributed by atoms with van der Waals surface area (Å²) in [6.07, 6.45) is 6.85. The number of allylic oxidation sites excluding steroid dienone is 2. The first-order valence-corrected chi connectivity index (χ1v) is 15.4. The Balaban J connectivity index is 1.23. The Kier molecular flexibility index (Phi) is 7.59. The van der Waals surface area contributed by atoms with Gasteiger partial charge in [-0.05, 0) is 60.9 Å². The maximum atomic E-state index is 13.8. The number of benzene rings is 3. The molecule has 0 fully saturated rings. The van der Waals surface area contributed by atoms with E-state index in [1.807, 2.05) is 59.6 Å². The molecule has 4 heterocycles. The van der Waals surface area contributed by atoms with Gasteiger partial charge in [-0.2, -0.15) is 0 Å². The minimum atomic E-state index is 0.0648. The number of hydrogen-bond acceptors (Lipinski definition) is 6. The maximum absolute atomic E-state index is 13.8. The molecule has 0 saturated carbocycles. The van der Waals surface area contributed by atoms with Gasteiger partial charge in [-0.25, -0.2) is 0 Å². The van der Waals surface area contributed by atoms with E-state index < -0.39 is 0 Å². The fourth-order valence-electron chi connectivity index (χ4n) is 6.37. The van der Waals surface area contributed by atoms with Crippen molar-refractivity contribution < 1.29 is 14.6 Å². The van der Waals surface area contributed by atoms with Crippen molar-refractivity contribution in [1.29, 1.82) is 0 Å². The van der Waals surface area contributed by atoms with Crippen molar-refractivity contribution in [1.82, 2.24) is 24.6 Å². The molecule has 2 aromatic heterocycles. The monoisotopic (exact) mass is 600 g/mol. The minimum absolute atomic E-state index is 0.0648. The normalized spacial score (nSPS) is 14.3. The third-order valence-corrected chi connectivity index (χ3v) is 8.66. The van der Waals surface area contributed by atoms with Crippen LogP contribution in [-0.4, -0.2) is 61.4 Å². The van der Waals surface area contributed by atoms with Crippen LogP contribution in [0.5, 0.6) is 5.75 Å². The number of hydrogen-bond donors (Lipinski definition) is 2. The first kappa shape index (κ1) is 28.5. The Morgan fingerprint density at radius 2 is 1.82 bits per heavy atom. The number of carbonyl (C=O) groups is 1. The van der Waals surface area contributed by atoms with Crippen molar-refractivity contribution in [2.75, 3.05) is 24.6 Å². The van der Waals surface area contributed by atoms with E-state index in [1.54, 1.807) is 12.3 Å². The topological polar surface area (TPSA) is 99.5 Å². The number of ether oxygens (including phenoxy) is 1. The summed E-state index contributed by atoms with van der Waals surface area (Å²) in [6, 6.07) is 23.9. The molecular formula is C36H36N6O3. The highest BCUT2D eigenvalue weighted by Crippen LogP contribution is 2.35. The van der Waals surface area contributed by atoms with Gasteiger partial charge in [0.05, 0.1) is 24.2 Å². The second-order valence-electron chi connectivity index (χ2n) is 11.8. The molecule has 5 aromatic rings. The first-order valence-electron chi connectivity index (χ1n) is 15.4. The molecule has 0 radical (unpaired) electrons. The van der Waals surface area contributed by atoms with E-state index in [0.29, 0.717) is 32.5 Å². The van der Waals surface area contributed by atoms with Gasteiger partial charge in [0, 0.05) is 54.6 Å². The summed E-state index contributed by atoms with van der Waals surface area (Å²) >= 11 is 0. The lowest BCUT2D eigenvalue weighted by molar-refractivity contribution is -0.132. The second-order valence-corrected chi connectivity index (χ2v) is 11.8. The number of phenols is 1. The number of anilines is 1. The van der Waals surface area contributed by atoms with Crippen molar-refractivity contribution in [2.45, 2.75) is 39.3 Å². The molecule has 0 aliphatic carbocycles. The SMILES string of the molecule is CC(C)N(Cc1ccccc1)C(=O)CN1CCc2nnc(C3=C(Cc4c[nH]c5cccc(O)c45)C=COC3)n2-c2ccccc21. The minimum Gasteiger partial charge on any atom is -0.507 e. The molecule has 2 aliphatic rings. The van der Waals surface area contributed by atoms with Crippen molar-refractivity contribution in [3.05, 3.63) is 120 Å². The molecule has 2 N–H and O–H groups in total. The molecule has 0 unspecified atom stereocenters. The van der Waals surface area contributed by atoms with E-state index in [1.165, 1.54) is 0 Å². The molecule has 3 aromatic carbocycles. The molecule has 228 valence electrons. The lowest BCUT2D eigenvalue weighted by atomic mass is 9.97. The number of amides is 1. The molecular weight excluding hydrogens is 564 g/mol. The van der Waals surface area contributed by atoms with E-state index >= 15 is 0 Å². The highest BCUT2D eigenvalue weighted by Gasteiger charge is 2.29. The molecule has 0 spiro atoms. The zero-order valence-corrected chi connectivity index (χ0v) is 25.5. The smallest absolute Gasteiger partial charge is 0.242 e. The fourth-order valence-corrected chi connectivity index (χ4v) is 6.37. The predicted octanol–water partition coefficient (Wildman–Crippen LogP) is 5.79. The molecule has 1 amide bonds. The first-order chi connectivity index (χ1) is 22.0. The number of nitrogens with zero attached hydrogens (tertiary/aromatic N) is 5. The van der Waals surface area contributed by atoms with Gasteiger partial charge in [-0.15, -0.1) is 10.2 Å². The molecule has 7 rings (SSSR count). The van der Waals surface area contributed by atoms with Crippen molar-refractivity contribution in [3.8, 4) is 11.4 Å². The van der Waals surface area contributed by atoms with E-state index in [9.17, 15) is 9.90 Å². The Morgan fingerprint density at radius 3 is 2.64 bits per heavy atom. The van der Waals surface area contributed by atoms with Gasteiger partial charge in [-0.1, -0.05) is 48.5 Å². The quantitative estimate of drug-likeness (QED) is 0.234. The summed E-state index contributed by atoms with van der Waals surface area (Å²) in [6.45, 7) is 5.95. The van der Waals surface area contributed by atoms with Crippen LogP contribution in [0.15, 0.2) is 96.9 Å². The van der Waals surface area contributed by atoms with E-state index in [4.69, 9.17) is 9.84 Å². The molecule has 2 aliphatic heterocycles. The van der Waals surface area contributed by atoms with Gasteiger partial charge in [0.1, 0.15) is 18.2 Å². The highest BCUT2D eigenvalue weighted by molar-refractivity contribution is 5.90. The predicted molar refractivity (Wildman–Crippen MR) is 175 cm³/mol. The average Bonchev–Trinajstić information content (AvgIpc) is 3.63. The molecule has 9 nitrogen and oxygen atoms in total. The number of aromatic nitrogens is 4. The number of para-hydroxylation sites is 2. The lowest BCUT2D eigenvalue weighted by Gasteiger charge is -2.31. The van der Waals surface area contributed by atoms with Crippen LogP contribution in [0.25, 0.3) is 22.2 Å². The summed E-state index contributed by atoms with van der Waals surface area (Å²) in [7, 11) is 0. The Bertz CT molecular complexity index is 1920. The molecule has 0 atom stereocenters. The number of aromatic amines is 1. The third-order valence-electron chi connectivity index (χ3n) is 8.66. The highest BCUT2D eigenvalue weighted by atomic mass is 16.5. The molecule has 0 bridgehead atoms. The van der Waals surface area contributed by atoms with Gasteiger partial charge in [0.25, 0.3) is 0 Å². The summed E-state index contributed by atoms with van der Waals surface area (Å²) in [5.41, 5.74) is 6.88. The second kappa shape index (κ2) is 12.0. The standard InChI is InChI=1S/C36H36N6O3/c1-24(2)41(21-25-9-4-3-5-10-25)34(44)22-40-17-15-33-38-39-36(42(33)31-13-7-6-12-30(31)40)28-23-45-18-16-26(28)19-27-20-37-29-11-8-14-32(43)35(27)29/h3-14,16,18,20,24,37,43H,15,17,19,21-23H2,1-2H3. The van der Waals surface area contributed by atoms with Gasteiger partial charge in [-0.3, -0.25) is 9.36 Å². The third kappa shape index (κ3) is 5.46. The van der Waals surface area contributed by atoms with Crippen LogP contribution < -0.4 is 4.90 Å². The van der Waals surface area contributed by atoms with Gasteiger partial charge in [0.2, 0.25) is 5.91 Å². The van der Waals surface area contributed by atoms with Gasteiger partial charge in [0.15, 0.2) is 5.82 Å². The summed E-state index contributed by atoms with van der Waals surface area (Å²) in [5, 5.41) is 20.8. The Morgan fingerprint density at radius 1 is 1.02 bits per heavy atom. The molecule has 45 heavy (non-hydrogen) atoms. The van der Waals surface area contributed by atoms with E-state index in [0.717, 1.165) is 56.2 Å². The van der Waals surface area contributed by atoms with Crippen molar-refractivity contribution >= 4 is 28.1 Å². The molecule has 9 heteroatoms. The lowest BCUT2D eigenvalue weighted by Crippen LogP contribution is -2.44. The number of H-pyrrole nitrogens is 1. The van der Waals surface area contributed by atoms with Crippen LogP contribution in [0.3, 0.4) is 0 Å². The summed E-state index contributed by atoms with van der Waals surface area (Å²) in [4.78, 5) is 21.2. The van der Waals surface area contributed by atoms with Crippen LogP contribution in [-0.2, 0) is 28.9 Å². The molecule has 0 saturated heterocycles. The van der Waals surface area contributed by atoms with E-state index in [2.05, 4.69) is 57.7 Å². The number of nitrogens with one attached hydrogen (secondary N) is 1. The van der Waals surface area contributed by atoms with Crippen LogP contribution in [0.4, 0.5) is 5.69 Å². The zero-order chi connectivity index (χ0) is 30.9. The van der Waals surface area contributed by atoms with Crippen molar-refractivity contribution in [3.63, 3.8) is 0 Å². The van der Waals surface area contributed by atoms with Crippen LogP contribution in [0.2, 0.25) is 0 Å². The van der Waals surface area contributed by atoms with Crippen LogP contribution >= 0.6 is 0 Å². The summed E-state index contributed by atoms with van der Waals surface area (Å²) in [5.74, 6) is 1.89. The van der Waals surface area contributed by atoms with Crippen LogP contribution in [0.1, 0.15) is 36.6 Å². The van der Waals surface area contributed by atoms with Gasteiger partial charge < -0.3 is 24.6 Å². The average molecular weight is 601 g/mol. The largest absolute Gasteiger partial charge is 0.507 e.